The highest BCUT2D eigenvalue weighted by atomic mass is 127. The summed E-state index contributed by atoms with van der Waals surface area (Å²) < 4.78 is 1.23. The number of H-pyrrole nitrogens is 1. The lowest BCUT2D eigenvalue weighted by Gasteiger charge is -2.13. The van der Waals surface area contributed by atoms with Gasteiger partial charge in [0.2, 0.25) is 0 Å². The smallest absolute Gasteiger partial charge is 0.126 e. The minimum absolute atomic E-state index is 0.365. The van der Waals surface area contributed by atoms with Gasteiger partial charge < -0.3 is 10.3 Å². The highest BCUT2D eigenvalue weighted by molar-refractivity contribution is 14.1. The van der Waals surface area contributed by atoms with Crippen LogP contribution in [0.15, 0.2) is 36.7 Å². The van der Waals surface area contributed by atoms with Crippen molar-refractivity contribution in [2.75, 3.05) is 5.32 Å². The van der Waals surface area contributed by atoms with Crippen LogP contribution in [0.1, 0.15) is 30.9 Å². The highest BCUT2D eigenvalue weighted by Gasteiger charge is 2.20. The molecular formula is C19H15IN4S. The monoisotopic (exact) mass is 458 g/mol. The van der Waals surface area contributed by atoms with Crippen LogP contribution in [0.5, 0.6) is 0 Å². The number of benzene rings is 1. The number of thiophene rings is 1. The van der Waals surface area contributed by atoms with Crippen LogP contribution in [-0.4, -0.2) is 9.97 Å². The number of rotatable bonds is 3. The summed E-state index contributed by atoms with van der Waals surface area (Å²) in [7, 11) is 0. The van der Waals surface area contributed by atoms with Gasteiger partial charge in [-0.2, -0.15) is 5.26 Å². The Hall–Kier alpha value is -2.11. The molecule has 3 aromatic heterocycles. The van der Waals surface area contributed by atoms with Crippen molar-refractivity contribution in [2.24, 2.45) is 0 Å². The summed E-state index contributed by atoms with van der Waals surface area (Å²) in [4.78, 5) is 8.68. The molecule has 0 amide bonds. The number of hydrogen-bond acceptors (Lipinski definition) is 4. The first-order valence-corrected chi connectivity index (χ1v) is 9.83. The number of nitriles is 1. The zero-order chi connectivity index (χ0) is 17.6. The van der Waals surface area contributed by atoms with E-state index in [-0.39, 0.29) is 0 Å². The molecule has 1 aromatic carbocycles. The first kappa shape index (κ1) is 16.4. The molecule has 0 saturated heterocycles. The van der Waals surface area contributed by atoms with Gasteiger partial charge >= 0.3 is 0 Å². The second-order valence-electron chi connectivity index (χ2n) is 6.19. The number of aromatic nitrogens is 2. The van der Waals surface area contributed by atoms with Gasteiger partial charge in [-0.25, -0.2) is 4.98 Å². The van der Waals surface area contributed by atoms with Crippen LogP contribution in [0.4, 0.5) is 11.4 Å². The maximum atomic E-state index is 9.60. The van der Waals surface area contributed by atoms with Crippen molar-refractivity contribution in [1.29, 1.82) is 5.26 Å². The zero-order valence-electron chi connectivity index (χ0n) is 13.7. The number of aromatic amines is 1. The Morgan fingerprint density at radius 2 is 2.16 bits per heavy atom. The molecule has 0 unspecified atom stereocenters. The molecule has 0 saturated carbocycles. The Labute approximate surface area is 163 Å². The fraction of sp³-hybridized carbons (Fsp3) is 0.158. The summed E-state index contributed by atoms with van der Waals surface area (Å²) in [5, 5.41) is 15.3. The fourth-order valence-electron chi connectivity index (χ4n) is 3.06. The predicted molar refractivity (Wildman–Crippen MR) is 113 cm³/mol. The van der Waals surface area contributed by atoms with Crippen LogP contribution < -0.4 is 5.32 Å². The lowest BCUT2D eigenvalue weighted by molar-refractivity contribution is 0.875. The van der Waals surface area contributed by atoms with Crippen molar-refractivity contribution >= 4 is 66.4 Å². The third-order valence-electron chi connectivity index (χ3n) is 4.23. The number of nitrogens with one attached hydrogen (secondary N) is 2. The van der Waals surface area contributed by atoms with E-state index in [4.69, 9.17) is 0 Å². The van der Waals surface area contributed by atoms with E-state index in [2.05, 4.69) is 63.9 Å². The van der Waals surface area contributed by atoms with E-state index in [1.165, 1.54) is 8.45 Å². The standard InChI is InChI=1S/C19H15IN4S/c1-10(2)15-16-17(12(8-21)9-23-19(16)25-18(15)20)24-13-3-4-14-11(7-13)5-6-22-14/h3-7,9-10,22H,1-2H3,(H,23,24). The molecule has 0 aliphatic rings. The molecule has 0 aliphatic heterocycles. The van der Waals surface area contributed by atoms with Gasteiger partial charge in [-0.05, 0) is 58.3 Å². The molecule has 0 fully saturated rings. The van der Waals surface area contributed by atoms with Crippen molar-refractivity contribution in [3.8, 4) is 6.07 Å². The van der Waals surface area contributed by atoms with Gasteiger partial charge in [-0.3, -0.25) is 0 Å². The number of fused-ring (bicyclic) bond motifs is 2. The average Bonchev–Trinajstić information content (AvgIpc) is 3.17. The maximum absolute atomic E-state index is 9.60. The van der Waals surface area contributed by atoms with Crippen LogP contribution in [-0.2, 0) is 0 Å². The van der Waals surface area contributed by atoms with E-state index in [0.29, 0.717) is 11.5 Å². The minimum atomic E-state index is 0.365. The van der Waals surface area contributed by atoms with E-state index in [1.54, 1.807) is 17.5 Å². The molecule has 0 aliphatic carbocycles. The van der Waals surface area contributed by atoms with Gasteiger partial charge in [0.1, 0.15) is 10.9 Å². The lowest BCUT2D eigenvalue weighted by atomic mass is 10.0. The molecule has 124 valence electrons. The number of halogens is 1. The Bertz CT molecular complexity index is 1130. The van der Waals surface area contributed by atoms with Crippen LogP contribution in [0.3, 0.4) is 0 Å². The van der Waals surface area contributed by atoms with Crippen molar-refractivity contribution < 1.29 is 0 Å². The van der Waals surface area contributed by atoms with Gasteiger partial charge in [-0.15, -0.1) is 11.3 Å². The molecule has 4 rings (SSSR count). The molecule has 0 bridgehead atoms. The van der Waals surface area contributed by atoms with E-state index < -0.39 is 0 Å². The van der Waals surface area contributed by atoms with Crippen LogP contribution in [0.25, 0.3) is 21.1 Å². The Morgan fingerprint density at radius 1 is 1.32 bits per heavy atom. The molecule has 25 heavy (non-hydrogen) atoms. The third-order valence-corrected chi connectivity index (χ3v) is 6.38. The minimum Gasteiger partial charge on any atom is -0.361 e. The van der Waals surface area contributed by atoms with E-state index in [1.807, 2.05) is 24.4 Å². The van der Waals surface area contributed by atoms with Crippen molar-refractivity contribution in [2.45, 2.75) is 19.8 Å². The second-order valence-corrected chi connectivity index (χ2v) is 9.00. The summed E-state index contributed by atoms with van der Waals surface area (Å²) in [6.07, 6.45) is 3.59. The van der Waals surface area contributed by atoms with Crippen molar-refractivity contribution in [1.82, 2.24) is 9.97 Å². The van der Waals surface area contributed by atoms with Gasteiger partial charge in [0.25, 0.3) is 0 Å². The molecule has 6 heteroatoms. The lowest BCUT2D eigenvalue weighted by Crippen LogP contribution is -1.98. The highest BCUT2D eigenvalue weighted by Crippen LogP contribution is 2.42. The summed E-state index contributed by atoms with van der Waals surface area (Å²) in [6.45, 7) is 4.36. The molecule has 0 radical (unpaired) electrons. The molecule has 0 atom stereocenters. The maximum Gasteiger partial charge on any atom is 0.126 e. The summed E-state index contributed by atoms with van der Waals surface area (Å²) in [6, 6.07) is 10.5. The second kappa shape index (κ2) is 6.32. The Morgan fingerprint density at radius 3 is 2.92 bits per heavy atom. The van der Waals surface area contributed by atoms with E-state index in [9.17, 15) is 5.26 Å². The van der Waals surface area contributed by atoms with Crippen molar-refractivity contribution in [3.05, 3.63) is 50.7 Å². The molecule has 4 nitrogen and oxygen atoms in total. The SMILES string of the molecule is CC(C)c1c(I)sc2ncc(C#N)c(Nc3ccc4[nH]ccc4c3)c12. The summed E-state index contributed by atoms with van der Waals surface area (Å²) >= 11 is 4.05. The number of anilines is 2. The number of hydrogen-bond donors (Lipinski definition) is 2. The van der Waals surface area contributed by atoms with Crippen molar-refractivity contribution in [3.63, 3.8) is 0 Å². The molecule has 2 N–H and O–H groups in total. The van der Waals surface area contributed by atoms with Gasteiger partial charge in [0.15, 0.2) is 0 Å². The first-order chi connectivity index (χ1) is 12.1. The molecule has 0 spiro atoms. The number of nitrogens with zero attached hydrogens (tertiary/aromatic N) is 2. The van der Waals surface area contributed by atoms with Gasteiger partial charge in [-0.1, -0.05) is 13.8 Å². The normalized spacial score (nSPS) is 11.3. The Kier molecular flexibility index (Phi) is 4.13. The quantitative estimate of drug-likeness (QED) is 0.364. The van der Waals surface area contributed by atoms with Crippen LogP contribution in [0.2, 0.25) is 0 Å². The van der Waals surface area contributed by atoms with Gasteiger partial charge in [0, 0.05) is 34.4 Å². The predicted octanol–water partition coefficient (Wildman–Crippen LogP) is 6.12. The molecule has 3 heterocycles. The van der Waals surface area contributed by atoms with Gasteiger partial charge in [0.05, 0.1) is 14.1 Å². The largest absolute Gasteiger partial charge is 0.361 e. The first-order valence-electron chi connectivity index (χ1n) is 7.93. The molecular weight excluding hydrogens is 443 g/mol. The van der Waals surface area contributed by atoms with Crippen LogP contribution in [0, 0.1) is 14.2 Å². The average molecular weight is 458 g/mol. The molecule has 4 aromatic rings. The zero-order valence-corrected chi connectivity index (χ0v) is 16.7. The third kappa shape index (κ3) is 2.77. The number of pyridine rings is 1. The van der Waals surface area contributed by atoms with E-state index >= 15 is 0 Å². The van der Waals surface area contributed by atoms with Crippen LogP contribution >= 0.6 is 33.9 Å². The van der Waals surface area contributed by atoms with E-state index in [0.717, 1.165) is 32.5 Å². The summed E-state index contributed by atoms with van der Waals surface area (Å²) in [5.41, 5.74) is 4.74. The topological polar surface area (TPSA) is 64.5 Å². The fourth-order valence-corrected chi connectivity index (χ4v) is 5.62. The Balaban J connectivity index is 1.93. The summed E-state index contributed by atoms with van der Waals surface area (Å²) in [5.74, 6) is 0.365.